The first-order valence-electron chi connectivity index (χ1n) is 5.97. The molecule has 1 aliphatic heterocycles. The van der Waals surface area contributed by atoms with E-state index in [9.17, 15) is 13.6 Å². The van der Waals surface area contributed by atoms with Gasteiger partial charge in [0.2, 0.25) is 5.91 Å². The van der Waals surface area contributed by atoms with Crippen LogP contribution < -0.4 is 10.6 Å². The van der Waals surface area contributed by atoms with Crippen LogP contribution in [0.4, 0.5) is 8.78 Å². The van der Waals surface area contributed by atoms with Crippen molar-refractivity contribution in [3.63, 3.8) is 0 Å². The van der Waals surface area contributed by atoms with E-state index in [0.29, 0.717) is 13.0 Å². The van der Waals surface area contributed by atoms with Gasteiger partial charge in [-0.15, -0.1) is 0 Å². The molecule has 1 aromatic heterocycles. The molecule has 0 aliphatic carbocycles. The molecular formula is C12H16F2N2OS. The Labute approximate surface area is 109 Å². The third-order valence-electron chi connectivity index (χ3n) is 3.05. The van der Waals surface area contributed by atoms with Gasteiger partial charge in [-0.1, -0.05) is 0 Å². The number of nitrogens with one attached hydrogen (secondary N) is 2. The molecule has 0 aromatic carbocycles. The van der Waals surface area contributed by atoms with E-state index in [4.69, 9.17) is 0 Å². The van der Waals surface area contributed by atoms with Gasteiger partial charge in [0.15, 0.2) is 0 Å². The molecule has 3 nitrogen and oxygen atoms in total. The van der Waals surface area contributed by atoms with Gasteiger partial charge in [0.25, 0.3) is 5.92 Å². The second kappa shape index (κ2) is 5.75. The Morgan fingerprint density at radius 1 is 1.61 bits per heavy atom. The molecule has 2 N–H and O–H groups in total. The summed E-state index contributed by atoms with van der Waals surface area (Å²) in [5, 5.41) is 9.20. The van der Waals surface area contributed by atoms with Crippen LogP contribution in [0.3, 0.4) is 0 Å². The van der Waals surface area contributed by atoms with E-state index in [1.54, 1.807) is 11.3 Å². The fourth-order valence-corrected chi connectivity index (χ4v) is 2.64. The normalized spacial score (nSPS) is 22.7. The smallest absolute Gasteiger partial charge is 0.270 e. The number of alkyl halides is 2. The lowest BCUT2D eigenvalue weighted by molar-refractivity contribution is -0.127. The van der Waals surface area contributed by atoms with Gasteiger partial charge in [-0.3, -0.25) is 4.79 Å². The minimum absolute atomic E-state index is 0.136. The maximum atomic E-state index is 13.5. The molecule has 0 unspecified atom stereocenters. The van der Waals surface area contributed by atoms with Gasteiger partial charge in [-0.2, -0.15) is 11.3 Å². The number of hydrogen-bond donors (Lipinski definition) is 2. The van der Waals surface area contributed by atoms with Gasteiger partial charge >= 0.3 is 0 Å². The molecule has 1 amide bonds. The van der Waals surface area contributed by atoms with E-state index >= 15 is 0 Å². The van der Waals surface area contributed by atoms with Crippen LogP contribution in [0.5, 0.6) is 0 Å². The van der Waals surface area contributed by atoms with Crippen LogP contribution in [0.1, 0.15) is 18.4 Å². The van der Waals surface area contributed by atoms with Crippen molar-refractivity contribution in [3.05, 3.63) is 22.4 Å². The molecule has 1 aromatic rings. The molecule has 1 aliphatic rings. The Morgan fingerprint density at radius 3 is 3.11 bits per heavy atom. The predicted octanol–water partition coefficient (Wildman–Crippen LogP) is 1.79. The van der Waals surface area contributed by atoms with Crippen LogP contribution in [0.2, 0.25) is 0 Å². The van der Waals surface area contributed by atoms with Gasteiger partial charge < -0.3 is 10.6 Å². The van der Waals surface area contributed by atoms with E-state index in [2.05, 4.69) is 10.6 Å². The van der Waals surface area contributed by atoms with E-state index in [0.717, 1.165) is 5.56 Å². The van der Waals surface area contributed by atoms with E-state index in [1.165, 1.54) is 0 Å². The molecule has 0 saturated carbocycles. The van der Waals surface area contributed by atoms with Gasteiger partial charge in [-0.25, -0.2) is 8.78 Å². The zero-order valence-electron chi connectivity index (χ0n) is 9.92. The maximum absolute atomic E-state index is 13.5. The number of halogens is 2. The van der Waals surface area contributed by atoms with Gasteiger partial charge in [0.1, 0.15) is 6.04 Å². The summed E-state index contributed by atoms with van der Waals surface area (Å²) in [6, 6.07) is 0.857. The van der Waals surface area contributed by atoms with Crippen molar-refractivity contribution in [2.45, 2.75) is 31.2 Å². The molecule has 2 heterocycles. The maximum Gasteiger partial charge on any atom is 0.270 e. The summed E-state index contributed by atoms with van der Waals surface area (Å²) in [6.07, 6.45) is 0.632. The Bertz CT molecular complexity index is 395. The fourth-order valence-electron chi connectivity index (χ4n) is 1.94. The third-order valence-corrected chi connectivity index (χ3v) is 3.78. The Hall–Kier alpha value is -1.01. The van der Waals surface area contributed by atoms with E-state index in [-0.39, 0.29) is 25.3 Å². The minimum atomic E-state index is -2.80. The molecule has 1 atom stereocenters. The SMILES string of the molecule is O=C(CCc1ccsc1)N[C@H]1CNCCC1(F)F. The average Bonchev–Trinajstić information content (AvgIpc) is 2.82. The first-order valence-corrected chi connectivity index (χ1v) is 6.91. The molecule has 1 saturated heterocycles. The number of aryl methyl sites for hydroxylation is 1. The van der Waals surface area contributed by atoms with Crippen LogP contribution in [0.25, 0.3) is 0 Å². The number of carbonyl (C=O) groups excluding carboxylic acids is 1. The van der Waals surface area contributed by atoms with Crippen LogP contribution in [0, 0.1) is 0 Å². The van der Waals surface area contributed by atoms with Crippen LogP contribution >= 0.6 is 11.3 Å². The highest BCUT2D eigenvalue weighted by molar-refractivity contribution is 7.07. The number of thiophene rings is 1. The molecule has 0 radical (unpaired) electrons. The largest absolute Gasteiger partial charge is 0.346 e. The van der Waals surface area contributed by atoms with Crippen molar-refractivity contribution in [1.82, 2.24) is 10.6 Å². The van der Waals surface area contributed by atoms with Crippen molar-refractivity contribution >= 4 is 17.2 Å². The average molecular weight is 274 g/mol. The van der Waals surface area contributed by atoms with E-state index < -0.39 is 12.0 Å². The molecule has 2 rings (SSSR count). The lowest BCUT2D eigenvalue weighted by Gasteiger charge is -2.32. The van der Waals surface area contributed by atoms with Crippen LogP contribution in [-0.2, 0) is 11.2 Å². The highest BCUT2D eigenvalue weighted by Crippen LogP contribution is 2.25. The number of rotatable bonds is 4. The van der Waals surface area contributed by atoms with Gasteiger partial charge in [0, 0.05) is 25.9 Å². The minimum Gasteiger partial charge on any atom is -0.346 e. The molecule has 0 spiro atoms. The zero-order valence-corrected chi connectivity index (χ0v) is 10.7. The first-order chi connectivity index (χ1) is 8.58. The number of amides is 1. The van der Waals surface area contributed by atoms with Crippen molar-refractivity contribution < 1.29 is 13.6 Å². The van der Waals surface area contributed by atoms with Crippen LogP contribution in [0.15, 0.2) is 16.8 Å². The fraction of sp³-hybridized carbons (Fsp3) is 0.583. The summed E-state index contributed by atoms with van der Waals surface area (Å²) < 4.78 is 27.0. The molecule has 6 heteroatoms. The summed E-state index contributed by atoms with van der Waals surface area (Å²) >= 11 is 1.56. The van der Waals surface area contributed by atoms with Crippen molar-refractivity contribution in [2.24, 2.45) is 0 Å². The summed E-state index contributed by atoms with van der Waals surface area (Å²) in [5.41, 5.74) is 1.07. The number of piperidine rings is 1. The van der Waals surface area contributed by atoms with E-state index in [1.807, 2.05) is 16.8 Å². The van der Waals surface area contributed by atoms with Crippen molar-refractivity contribution in [1.29, 1.82) is 0 Å². The summed E-state index contributed by atoms with van der Waals surface area (Å²) in [4.78, 5) is 11.6. The second-order valence-electron chi connectivity index (χ2n) is 4.47. The quantitative estimate of drug-likeness (QED) is 0.879. The second-order valence-corrected chi connectivity index (χ2v) is 5.25. The predicted molar refractivity (Wildman–Crippen MR) is 67.0 cm³/mol. The lowest BCUT2D eigenvalue weighted by Crippen LogP contribution is -2.57. The summed E-state index contributed by atoms with van der Waals surface area (Å²) in [5.74, 6) is -3.11. The number of carbonyl (C=O) groups is 1. The Kier molecular flexibility index (Phi) is 4.29. The highest BCUT2D eigenvalue weighted by Gasteiger charge is 2.42. The van der Waals surface area contributed by atoms with Gasteiger partial charge in [0.05, 0.1) is 0 Å². The molecule has 100 valence electrons. The summed E-state index contributed by atoms with van der Waals surface area (Å²) in [6.45, 7) is 0.436. The topological polar surface area (TPSA) is 41.1 Å². The molecular weight excluding hydrogens is 258 g/mol. The lowest BCUT2D eigenvalue weighted by atomic mass is 10.0. The monoisotopic (exact) mass is 274 g/mol. The van der Waals surface area contributed by atoms with Gasteiger partial charge in [-0.05, 0) is 28.8 Å². The third kappa shape index (κ3) is 3.49. The van der Waals surface area contributed by atoms with Crippen LogP contribution in [-0.4, -0.2) is 31.0 Å². The zero-order chi connectivity index (χ0) is 13.0. The first kappa shape index (κ1) is 13.4. The Morgan fingerprint density at radius 2 is 2.44 bits per heavy atom. The standard InChI is InChI=1S/C12H16F2N2OS/c13-12(14)4-5-15-7-10(12)16-11(17)2-1-9-3-6-18-8-9/h3,6,8,10,15H,1-2,4-5,7H2,(H,16,17)/t10-/m0/s1. The van der Waals surface area contributed by atoms with Crippen molar-refractivity contribution in [2.75, 3.05) is 13.1 Å². The van der Waals surface area contributed by atoms with Crippen molar-refractivity contribution in [3.8, 4) is 0 Å². The molecule has 0 bridgehead atoms. The Balaban J connectivity index is 1.79. The number of hydrogen-bond acceptors (Lipinski definition) is 3. The molecule has 18 heavy (non-hydrogen) atoms. The summed E-state index contributed by atoms with van der Waals surface area (Å²) in [7, 11) is 0. The molecule has 1 fully saturated rings. The highest BCUT2D eigenvalue weighted by atomic mass is 32.1.